The molecule has 1 fully saturated rings. The minimum atomic E-state index is 0.337. The summed E-state index contributed by atoms with van der Waals surface area (Å²) in [6.45, 7) is 11.2. The summed E-state index contributed by atoms with van der Waals surface area (Å²) in [5.41, 5.74) is 2.43. The number of nitrogens with one attached hydrogen (secondary N) is 1. The van der Waals surface area contributed by atoms with Gasteiger partial charge in [0.05, 0.1) is 17.6 Å². The van der Waals surface area contributed by atoms with E-state index in [4.69, 9.17) is 0 Å². The molecule has 0 spiro atoms. The number of pyridine rings is 1. The van der Waals surface area contributed by atoms with E-state index >= 15 is 0 Å². The van der Waals surface area contributed by atoms with Gasteiger partial charge < -0.3 is 10.2 Å². The monoisotopic (exact) mass is 275 g/mol. The Labute approximate surface area is 123 Å². The summed E-state index contributed by atoms with van der Waals surface area (Å²) in [7, 11) is 0. The molecule has 20 heavy (non-hydrogen) atoms. The van der Waals surface area contributed by atoms with Gasteiger partial charge >= 0.3 is 0 Å². The molecule has 3 heteroatoms. The lowest BCUT2D eigenvalue weighted by Gasteiger charge is -2.29. The Balaban J connectivity index is 2.04. The van der Waals surface area contributed by atoms with Crippen molar-refractivity contribution in [2.45, 2.75) is 59.0 Å². The lowest BCUT2D eigenvalue weighted by molar-refractivity contribution is 0.491. The van der Waals surface area contributed by atoms with E-state index in [1.165, 1.54) is 25.1 Å². The topological polar surface area (TPSA) is 28.2 Å². The van der Waals surface area contributed by atoms with Gasteiger partial charge in [-0.05, 0) is 50.8 Å². The SMILES string of the molecule is CCCNC(C)c1ccc(N2CCCC2C(C)C)cn1. The maximum Gasteiger partial charge on any atom is 0.0572 e. The molecular weight excluding hydrogens is 246 g/mol. The van der Waals surface area contributed by atoms with E-state index in [1.807, 2.05) is 0 Å². The summed E-state index contributed by atoms with van der Waals surface area (Å²) in [6.07, 6.45) is 5.83. The van der Waals surface area contributed by atoms with Gasteiger partial charge in [-0.25, -0.2) is 0 Å². The smallest absolute Gasteiger partial charge is 0.0572 e. The fourth-order valence-electron chi connectivity index (χ4n) is 3.10. The quantitative estimate of drug-likeness (QED) is 0.856. The van der Waals surface area contributed by atoms with Gasteiger partial charge in [0.15, 0.2) is 0 Å². The van der Waals surface area contributed by atoms with Crippen LogP contribution in [0, 0.1) is 5.92 Å². The fraction of sp³-hybridized carbons (Fsp3) is 0.706. The maximum absolute atomic E-state index is 4.67. The molecule has 0 bridgehead atoms. The second-order valence-corrected chi connectivity index (χ2v) is 6.26. The van der Waals surface area contributed by atoms with E-state index in [0.29, 0.717) is 18.0 Å². The van der Waals surface area contributed by atoms with E-state index in [1.54, 1.807) is 0 Å². The third kappa shape index (κ3) is 3.51. The molecule has 1 saturated heterocycles. The lowest BCUT2D eigenvalue weighted by atomic mass is 10.0. The Hall–Kier alpha value is -1.09. The van der Waals surface area contributed by atoms with Crippen LogP contribution in [0.3, 0.4) is 0 Å². The Kier molecular flexibility index (Phi) is 5.41. The highest BCUT2D eigenvalue weighted by Gasteiger charge is 2.27. The molecule has 0 aromatic carbocycles. The first-order valence-corrected chi connectivity index (χ1v) is 8.09. The Morgan fingerprint density at radius 2 is 2.15 bits per heavy atom. The largest absolute Gasteiger partial charge is 0.367 e. The average Bonchev–Trinajstić information content (AvgIpc) is 2.94. The highest BCUT2D eigenvalue weighted by Crippen LogP contribution is 2.29. The highest BCUT2D eigenvalue weighted by atomic mass is 15.2. The summed E-state index contributed by atoms with van der Waals surface area (Å²) in [4.78, 5) is 7.20. The first kappa shape index (κ1) is 15.3. The van der Waals surface area contributed by atoms with Gasteiger partial charge in [0.25, 0.3) is 0 Å². The van der Waals surface area contributed by atoms with Crippen LogP contribution in [0.25, 0.3) is 0 Å². The first-order valence-electron chi connectivity index (χ1n) is 8.09. The van der Waals surface area contributed by atoms with Crippen LogP contribution in [-0.4, -0.2) is 24.1 Å². The number of anilines is 1. The average molecular weight is 275 g/mol. The molecule has 1 aromatic rings. The molecule has 2 heterocycles. The van der Waals surface area contributed by atoms with E-state index < -0.39 is 0 Å². The van der Waals surface area contributed by atoms with Crippen molar-refractivity contribution in [1.82, 2.24) is 10.3 Å². The highest BCUT2D eigenvalue weighted by molar-refractivity contribution is 5.47. The Morgan fingerprint density at radius 3 is 2.75 bits per heavy atom. The molecule has 1 N–H and O–H groups in total. The van der Waals surface area contributed by atoms with Crippen LogP contribution in [-0.2, 0) is 0 Å². The molecule has 0 radical (unpaired) electrons. The zero-order valence-electron chi connectivity index (χ0n) is 13.4. The van der Waals surface area contributed by atoms with Crippen molar-refractivity contribution in [3.05, 3.63) is 24.0 Å². The molecule has 1 aliphatic rings. The normalized spacial score (nSPS) is 20.6. The van der Waals surface area contributed by atoms with Crippen molar-refractivity contribution in [2.24, 2.45) is 5.92 Å². The zero-order chi connectivity index (χ0) is 14.5. The molecule has 3 nitrogen and oxygen atoms in total. The standard InChI is InChI=1S/C17H29N3/c1-5-10-18-14(4)16-9-8-15(12-19-16)20-11-6-7-17(20)13(2)3/h8-9,12-14,17-18H,5-7,10-11H2,1-4H3. The Morgan fingerprint density at radius 1 is 1.35 bits per heavy atom. The molecule has 0 aliphatic carbocycles. The van der Waals surface area contributed by atoms with Crippen molar-refractivity contribution >= 4 is 5.69 Å². The van der Waals surface area contributed by atoms with Crippen LogP contribution in [0.1, 0.15) is 58.7 Å². The lowest BCUT2D eigenvalue weighted by Crippen LogP contribution is -2.33. The predicted octanol–water partition coefficient (Wildman–Crippen LogP) is 3.77. The molecule has 0 saturated carbocycles. The van der Waals surface area contributed by atoms with Crippen LogP contribution in [0.2, 0.25) is 0 Å². The number of rotatable bonds is 6. The minimum absolute atomic E-state index is 0.337. The second kappa shape index (κ2) is 7.07. The van der Waals surface area contributed by atoms with Crippen molar-refractivity contribution in [2.75, 3.05) is 18.0 Å². The van der Waals surface area contributed by atoms with E-state index in [0.717, 1.165) is 18.7 Å². The summed E-state index contributed by atoms with van der Waals surface area (Å²) < 4.78 is 0. The molecule has 2 rings (SSSR count). The number of nitrogens with zero attached hydrogens (tertiary/aromatic N) is 2. The van der Waals surface area contributed by atoms with Crippen LogP contribution >= 0.6 is 0 Å². The molecule has 1 aliphatic heterocycles. The fourth-order valence-corrected chi connectivity index (χ4v) is 3.10. The van der Waals surface area contributed by atoms with Crippen LogP contribution in [0.5, 0.6) is 0 Å². The molecule has 0 amide bonds. The number of hydrogen-bond donors (Lipinski definition) is 1. The van der Waals surface area contributed by atoms with Gasteiger partial charge in [0, 0.05) is 18.6 Å². The van der Waals surface area contributed by atoms with Crippen LogP contribution < -0.4 is 10.2 Å². The van der Waals surface area contributed by atoms with Crippen LogP contribution in [0.15, 0.2) is 18.3 Å². The van der Waals surface area contributed by atoms with E-state index in [2.05, 4.69) is 61.2 Å². The second-order valence-electron chi connectivity index (χ2n) is 6.26. The zero-order valence-corrected chi connectivity index (χ0v) is 13.4. The Bertz CT molecular complexity index is 399. The number of hydrogen-bond acceptors (Lipinski definition) is 3. The van der Waals surface area contributed by atoms with Crippen molar-refractivity contribution in [3.8, 4) is 0 Å². The van der Waals surface area contributed by atoms with E-state index in [-0.39, 0.29) is 0 Å². The van der Waals surface area contributed by atoms with Gasteiger partial charge in [-0.1, -0.05) is 20.8 Å². The molecule has 1 aromatic heterocycles. The molecule has 112 valence electrons. The van der Waals surface area contributed by atoms with Gasteiger partial charge in [-0.15, -0.1) is 0 Å². The summed E-state index contributed by atoms with van der Waals surface area (Å²) in [6, 6.07) is 5.44. The minimum Gasteiger partial charge on any atom is -0.367 e. The van der Waals surface area contributed by atoms with Crippen LogP contribution in [0.4, 0.5) is 5.69 Å². The van der Waals surface area contributed by atoms with Crippen molar-refractivity contribution in [1.29, 1.82) is 0 Å². The van der Waals surface area contributed by atoms with Gasteiger partial charge in [-0.2, -0.15) is 0 Å². The first-order chi connectivity index (χ1) is 9.63. The van der Waals surface area contributed by atoms with Gasteiger partial charge in [0.2, 0.25) is 0 Å². The predicted molar refractivity (Wildman–Crippen MR) is 86.2 cm³/mol. The summed E-state index contributed by atoms with van der Waals surface area (Å²) in [5.74, 6) is 0.710. The van der Waals surface area contributed by atoms with Gasteiger partial charge in [-0.3, -0.25) is 4.98 Å². The van der Waals surface area contributed by atoms with Crippen molar-refractivity contribution in [3.63, 3.8) is 0 Å². The van der Waals surface area contributed by atoms with Crippen molar-refractivity contribution < 1.29 is 0 Å². The molecule has 2 atom stereocenters. The molecule has 2 unspecified atom stereocenters. The summed E-state index contributed by atoms with van der Waals surface area (Å²) in [5, 5.41) is 3.49. The summed E-state index contributed by atoms with van der Waals surface area (Å²) >= 11 is 0. The van der Waals surface area contributed by atoms with E-state index in [9.17, 15) is 0 Å². The maximum atomic E-state index is 4.67. The third-order valence-corrected chi connectivity index (χ3v) is 4.32. The molecular formula is C17H29N3. The van der Waals surface area contributed by atoms with Gasteiger partial charge in [0.1, 0.15) is 0 Å². The third-order valence-electron chi connectivity index (χ3n) is 4.32. The number of aromatic nitrogens is 1.